The molecule has 1 aromatic carbocycles. The number of aromatic nitrogens is 1. The van der Waals surface area contributed by atoms with Gasteiger partial charge in [-0.05, 0) is 43.0 Å². The van der Waals surface area contributed by atoms with E-state index in [2.05, 4.69) is 18.8 Å². The van der Waals surface area contributed by atoms with Gasteiger partial charge in [0.15, 0.2) is 0 Å². The molecule has 1 aromatic heterocycles. The number of carbonyl (C=O) groups excluding carboxylic acids is 1. The van der Waals surface area contributed by atoms with E-state index in [4.69, 9.17) is 0 Å². The number of carboxylic acid groups (broad SMARTS) is 1. The number of carboxylic acids is 1. The number of pyridine rings is 1. The number of nitrogens with zero attached hydrogens (tertiary/aromatic N) is 2. The maximum absolute atomic E-state index is 11.3. The zero-order valence-corrected chi connectivity index (χ0v) is 12.8. The molecule has 0 radical (unpaired) electrons. The third kappa shape index (κ3) is 3.61. The maximum Gasteiger partial charge on any atom is 0.336 e. The lowest BCUT2D eigenvalue weighted by Crippen LogP contribution is -2.22. The van der Waals surface area contributed by atoms with Crippen molar-refractivity contribution in [3.05, 3.63) is 36.0 Å². The molecule has 2 aromatic rings. The number of fused-ring (bicyclic) bond motifs is 1. The second-order valence-electron chi connectivity index (χ2n) is 5.70. The van der Waals surface area contributed by atoms with Crippen molar-refractivity contribution in [3.8, 4) is 0 Å². The van der Waals surface area contributed by atoms with Crippen LogP contribution in [0.1, 0.15) is 37.0 Å². The highest BCUT2D eigenvalue weighted by molar-refractivity contribution is 6.03. The Kier molecular flexibility index (Phi) is 5.09. The Morgan fingerprint density at radius 3 is 2.77 bits per heavy atom. The average Bonchev–Trinajstić information content (AvgIpc) is 2.50. The van der Waals surface area contributed by atoms with Crippen LogP contribution in [0.15, 0.2) is 30.5 Å². The van der Waals surface area contributed by atoms with Gasteiger partial charge in [0.2, 0.25) is 6.41 Å². The van der Waals surface area contributed by atoms with Gasteiger partial charge in [-0.3, -0.25) is 9.78 Å². The van der Waals surface area contributed by atoms with Crippen LogP contribution >= 0.6 is 0 Å². The summed E-state index contributed by atoms with van der Waals surface area (Å²) in [5.74, 6) is -0.407. The number of hydrogen-bond acceptors (Lipinski definition) is 3. The van der Waals surface area contributed by atoms with Gasteiger partial charge in [0, 0.05) is 23.8 Å². The molecule has 0 bridgehead atoms. The minimum absolute atomic E-state index is 0.194. The van der Waals surface area contributed by atoms with Crippen LogP contribution < -0.4 is 4.90 Å². The number of aromatic carboxylic acids is 1. The summed E-state index contributed by atoms with van der Waals surface area (Å²) >= 11 is 0. The number of anilines is 1. The van der Waals surface area contributed by atoms with Gasteiger partial charge in [-0.2, -0.15) is 0 Å². The molecule has 0 aliphatic heterocycles. The summed E-state index contributed by atoms with van der Waals surface area (Å²) in [6.07, 6.45) is 4.22. The Balaban J connectivity index is 2.32. The lowest BCUT2D eigenvalue weighted by molar-refractivity contribution is -0.107. The molecule has 22 heavy (non-hydrogen) atoms. The molecular formula is C17H20N2O3. The van der Waals surface area contributed by atoms with Gasteiger partial charge in [-0.15, -0.1) is 0 Å². The Bertz CT molecular complexity index is 683. The standard InChI is InChI=1S/C17H20N2O3/c1-12(2)4-3-9-19(11-20)13-5-6-16-15(10-13)14(17(21)22)7-8-18-16/h5-8,10-12H,3-4,9H2,1-2H3,(H,21,22). The molecule has 1 heterocycles. The molecule has 0 fully saturated rings. The van der Waals surface area contributed by atoms with Crippen molar-refractivity contribution in [2.45, 2.75) is 26.7 Å². The first kappa shape index (κ1) is 15.9. The van der Waals surface area contributed by atoms with Gasteiger partial charge >= 0.3 is 5.97 Å². The fourth-order valence-corrected chi connectivity index (χ4v) is 2.41. The highest BCUT2D eigenvalue weighted by Gasteiger charge is 2.12. The summed E-state index contributed by atoms with van der Waals surface area (Å²) in [4.78, 5) is 28.4. The van der Waals surface area contributed by atoms with Gasteiger partial charge in [-0.25, -0.2) is 4.79 Å². The molecular weight excluding hydrogens is 280 g/mol. The fourth-order valence-electron chi connectivity index (χ4n) is 2.41. The molecule has 2 rings (SSSR count). The van der Waals surface area contributed by atoms with Crippen LogP contribution in [-0.4, -0.2) is 29.0 Å². The van der Waals surface area contributed by atoms with Crippen molar-refractivity contribution in [1.29, 1.82) is 0 Å². The van der Waals surface area contributed by atoms with E-state index >= 15 is 0 Å². The van der Waals surface area contributed by atoms with Crippen molar-refractivity contribution in [2.24, 2.45) is 5.92 Å². The minimum atomic E-state index is -0.998. The monoisotopic (exact) mass is 300 g/mol. The molecule has 0 atom stereocenters. The molecule has 116 valence electrons. The third-order valence-corrected chi connectivity index (χ3v) is 3.59. The minimum Gasteiger partial charge on any atom is -0.478 e. The second kappa shape index (κ2) is 7.02. The number of amides is 1. The van der Waals surface area contributed by atoms with Crippen LogP contribution in [0.25, 0.3) is 10.9 Å². The van der Waals surface area contributed by atoms with Crippen LogP contribution in [0.3, 0.4) is 0 Å². The lowest BCUT2D eigenvalue weighted by Gasteiger charge is -2.18. The van der Waals surface area contributed by atoms with Crippen molar-refractivity contribution in [3.63, 3.8) is 0 Å². The van der Waals surface area contributed by atoms with Gasteiger partial charge in [0.05, 0.1) is 11.1 Å². The van der Waals surface area contributed by atoms with E-state index in [0.29, 0.717) is 29.1 Å². The van der Waals surface area contributed by atoms with Gasteiger partial charge in [0.1, 0.15) is 0 Å². The van der Waals surface area contributed by atoms with Crippen molar-refractivity contribution in [1.82, 2.24) is 4.98 Å². The zero-order valence-electron chi connectivity index (χ0n) is 12.8. The normalized spacial score (nSPS) is 10.9. The van der Waals surface area contributed by atoms with Crippen LogP contribution in [0.5, 0.6) is 0 Å². The molecule has 0 saturated carbocycles. The predicted molar refractivity (Wildman–Crippen MR) is 86.2 cm³/mol. The Hall–Kier alpha value is -2.43. The van der Waals surface area contributed by atoms with E-state index in [-0.39, 0.29) is 5.56 Å². The van der Waals surface area contributed by atoms with Crippen LogP contribution in [0.4, 0.5) is 5.69 Å². The molecule has 1 amide bonds. The van der Waals surface area contributed by atoms with E-state index in [1.54, 1.807) is 23.1 Å². The largest absolute Gasteiger partial charge is 0.478 e. The molecule has 1 N–H and O–H groups in total. The SMILES string of the molecule is CC(C)CCCN(C=O)c1ccc2nccc(C(=O)O)c2c1. The molecule has 0 aliphatic rings. The average molecular weight is 300 g/mol. The Morgan fingerprint density at radius 2 is 2.14 bits per heavy atom. The number of hydrogen-bond donors (Lipinski definition) is 1. The number of carbonyl (C=O) groups is 2. The van der Waals surface area contributed by atoms with Crippen LogP contribution in [0, 0.1) is 5.92 Å². The quantitative estimate of drug-likeness (QED) is 0.796. The molecule has 0 spiro atoms. The third-order valence-electron chi connectivity index (χ3n) is 3.59. The number of rotatable bonds is 7. The topological polar surface area (TPSA) is 70.5 Å². The number of benzene rings is 1. The molecule has 0 saturated heterocycles. The summed E-state index contributed by atoms with van der Waals surface area (Å²) in [6, 6.07) is 6.73. The lowest BCUT2D eigenvalue weighted by atomic mass is 10.1. The van der Waals surface area contributed by atoms with Gasteiger partial charge < -0.3 is 10.0 Å². The smallest absolute Gasteiger partial charge is 0.336 e. The van der Waals surface area contributed by atoms with E-state index in [9.17, 15) is 14.7 Å². The summed E-state index contributed by atoms with van der Waals surface area (Å²) in [5, 5.41) is 9.81. The van der Waals surface area contributed by atoms with E-state index in [1.165, 1.54) is 12.3 Å². The molecule has 5 heteroatoms. The van der Waals surface area contributed by atoms with Crippen molar-refractivity contribution >= 4 is 29.0 Å². The zero-order chi connectivity index (χ0) is 16.1. The van der Waals surface area contributed by atoms with E-state index in [1.807, 2.05) is 0 Å². The second-order valence-corrected chi connectivity index (χ2v) is 5.70. The van der Waals surface area contributed by atoms with Crippen molar-refractivity contribution < 1.29 is 14.7 Å². The first-order valence-corrected chi connectivity index (χ1v) is 7.37. The van der Waals surface area contributed by atoms with Crippen LogP contribution in [-0.2, 0) is 4.79 Å². The predicted octanol–water partition coefficient (Wildman–Crippen LogP) is 3.33. The van der Waals surface area contributed by atoms with E-state index < -0.39 is 5.97 Å². The molecule has 0 aliphatic carbocycles. The van der Waals surface area contributed by atoms with Crippen molar-refractivity contribution in [2.75, 3.05) is 11.4 Å². The maximum atomic E-state index is 11.3. The fraction of sp³-hybridized carbons (Fsp3) is 0.353. The summed E-state index contributed by atoms with van der Waals surface area (Å²) in [5.41, 5.74) is 1.50. The summed E-state index contributed by atoms with van der Waals surface area (Å²) < 4.78 is 0. The molecule has 5 nitrogen and oxygen atoms in total. The first-order chi connectivity index (χ1) is 10.5. The Morgan fingerprint density at radius 1 is 1.36 bits per heavy atom. The van der Waals surface area contributed by atoms with Gasteiger partial charge in [-0.1, -0.05) is 13.8 Å². The summed E-state index contributed by atoms with van der Waals surface area (Å²) in [6.45, 7) is 4.91. The first-order valence-electron chi connectivity index (χ1n) is 7.37. The highest BCUT2D eigenvalue weighted by Crippen LogP contribution is 2.23. The van der Waals surface area contributed by atoms with Crippen LogP contribution in [0.2, 0.25) is 0 Å². The van der Waals surface area contributed by atoms with E-state index in [0.717, 1.165) is 19.3 Å². The summed E-state index contributed by atoms with van der Waals surface area (Å²) in [7, 11) is 0. The Labute approximate surface area is 129 Å². The highest BCUT2D eigenvalue weighted by atomic mass is 16.4. The molecule has 0 unspecified atom stereocenters. The van der Waals surface area contributed by atoms with Gasteiger partial charge in [0.25, 0.3) is 0 Å².